The summed E-state index contributed by atoms with van der Waals surface area (Å²) in [5, 5.41) is 11.1. The van der Waals surface area contributed by atoms with Crippen molar-refractivity contribution in [3.8, 4) is 0 Å². The lowest BCUT2D eigenvalue weighted by atomic mass is 10.2. The van der Waals surface area contributed by atoms with Crippen LogP contribution in [0.4, 0.5) is 11.6 Å². The quantitative estimate of drug-likeness (QED) is 0.849. The lowest BCUT2D eigenvalue weighted by Crippen LogP contribution is -2.02. The summed E-state index contributed by atoms with van der Waals surface area (Å²) < 4.78 is 0. The smallest absolute Gasteiger partial charge is 0.247 e. The van der Waals surface area contributed by atoms with Crippen LogP contribution in [0.5, 0.6) is 0 Å². The van der Waals surface area contributed by atoms with E-state index in [0.717, 1.165) is 22.6 Å². The Morgan fingerprint density at radius 1 is 1.18 bits per heavy atom. The summed E-state index contributed by atoms with van der Waals surface area (Å²) in [7, 11) is 0. The number of aromatic nitrogens is 3. The maximum absolute atomic E-state index is 5.78. The zero-order chi connectivity index (χ0) is 12.3. The molecule has 0 bridgehead atoms. The van der Waals surface area contributed by atoms with Crippen molar-refractivity contribution in [3.05, 3.63) is 41.2 Å². The van der Waals surface area contributed by atoms with Gasteiger partial charge in [0.2, 0.25) is 5.95 Å². The molecule has 5 heteroatoms. The highest BCUT2D eigenvalue weighted by Crippen LogP contribution is 2.16. The van der Waals surface area contributed by atoms with Gasteiger partial charge in [-0.15, -0.1) is 16.7 Å². The van der Waals surface area contributed by atoms with Gasteiger partial charge in [0.15, 0.2) is 0 Å². The van der Waals surface area contributed by atoms with Crippen molar-refractivity contribution in [2.75, 3.05) is 5.32 Å². The van der Waals surface area contributed by atoms with Gasteiger partial charge in [-0.1, -0.05) is 12.1 Å². The van der Waals surface area contributed by atoms with Crippen molar-refractivity contribution >= 4 is 23.2 Å². The molecule has 88 valence electrons. The maximum atomic E-state index is 5.78. The van der Waals surface area contributed by atoms with Gasteiger partial charge in [0, 0.05) is 11.6 Å². The fraction of sp³-hybridized carbons (Fsp3) is 0.250. The number of benzene rings is 1. The molecule has 1 N–H and O–H groups in total. The summed E-state index contributed by atoms with van der Waals surface area (Å²) in [6.07, 6.45) is 0. The Labute approximate surface area is 105 Å². The Morgan fingerprint density at radius 3 is 2.71 bits per heavy atom. The molecule has 0 radical (unpaired) electrons. The van der Waals surface area contributed by atoms with Crippen LogP contribution in [-0.2, 0) is 5.88 Å². The van der Waals surface area contributed by atoms with Crippen LogP contribution in [-0.4, -0.2) is 15.2 Å². The summed E-state index contributed by atoms with van der Waals surface area (Å²) in [6.45, 7) is 3.79. The van der Waals surface area contributed by atoms with E-state index in [4.69, 9.17) is 11.6 Å². The van der Waals surface area contributed by atoms with Gasteiger partial charge in [-0.25, -0.2) is 4.98 Å². The summed E-state index contributed by atoms with van der Waals surface area (Å²) >= 11 is 5.78. The van der Waals surface area contributed by atoms with Crippen LogP contribution in [0, 0.1) is 13.8 Å². The first-order valence-corrected chi connectivity index (χ1v) is 5.82. The van der Waals surface area contributed by atoms with E-state index in [-0.39, 0.29) is 0 Å². The monoisotopic (exact) mass is 248 g/mol. The molecule has 0 unspecified atom stereocenters. The molecule has 1 aromatic heterocycles. The predicted octanol–water partition coefficient (Wildman–Crippen LogP) is 2.97. The standard InChI is InChI=1S/C12H13ClN4/c1-8-9(2)16-17-12(14-8)15-11-5-3-4-10(6-11)7-13/h3-6H,7H2,1-2H3,(H,14,15,17). The normalized spacial score (nSPS) is 10.3. The lowest BCUT2D eigenvalue weighted by molar-refractivity contribution is 0.904. The van der Waals surface area contributed by atoms with Gasteiger partial charge < -0.3 is 5.32 Å². The molecule has 1 aromatic carbocycles. The Hall–Kier alpha value is -1.68. The van der Waals surface area contributed by atoms with Gasteiger partial charge in [-0.2, -0.15) is 5.10 Å². The van der Waals surface area contributed by atoms with E-state index in [1.165, 1.54) is 0 Å². The highest BCUT2D eigenvalue weighted by atomic mass is 35.5. The topological polar surface area (TPSA) is 50.7 Å². The van der Waals surface area contributed by atoms with E-state index in [0.29, 0.717) is 11.8 Å². The largest absolute Gasteiger partial charge is 0.323 e. The van der Waals surface area contributed by atoms with Crippen molar-refractivity contribution in [2.45, 2.75) is 19.7 Å². The molecular formula is C12H13ClN4. The van der Waals surface area contributed by atoms with Crippen molar-refractivity contribution in [3.63, 3.8) is 0 Å². The Morgan fingerprint density at radius 2 is 2.00 bits per heavy atom. The van der Waals surface area contributed by atoms with Gasteiger partial charge in [0.25, 0.3) is 0 Å². The molecule has 0 spiro atoms. The highest BCUT2D eigenvalue weighted by molar-refractivity contribution is 6.17. The first kappa shape index (κ1) is 11.8. The third kappa shape index (κ3) is 2.91. The van der Waals surface area contributed by atoms with Crippen molar-refractivity contribution < 1.29 is 0 Å². The molecule has 0 saturated heterocycles. The number of rotatable bonds is 3. The first-order chi connectivity index (χ1) is 8.19. The summed E-state index contributed by atoms with van der Waals surface area (Å²) in [6, 6.07) is 7.81. The van der Waals surface area contributed by atoms with Gasteiger partial charge in [0.05, 0.1) is 11.4 Å². The Kier molecular flexibility index (Phi) is 3.54. The predicted molar refractivity (Wildman–Crippen MR) is 68.6 cm³/mol. The fourth-order valence-corrected chi connectivity index (χ4v) is 1.54. The summed E-state index contributed by atoms with van der Waals surface area (Å²) in [5.41, 5.74) is 3.67. The molecule has 4 nitrogen and oxygen atoms in total. The molecule has 0 atom stereocenters. The molecule has 2 aromatic rings. The number of nitrogens with zero attached hydrogens (tertiary/aromatic N) is 3. The van der Waals surface area contributed by atoms with Crippen LogP contribution in [0.2, 0.25) is 0 Å². The summed E-state index contributed by atoms with van der Waals surface area (Å²) in [5.74, 6) is 0.987. The second kappa shape index (κ2) is 5.10. The van der Waals surface area contributed by atoms with E-state index in [1.54, 1.807) is 0 Å². The van der Waals surface area contributed by atoms with Crippen LogP contribution < -0.4 is 5.32 Å². The Bertz CT molecular complexity index is 528. The third-order valence-corrected chi connectivity index (χ3v) is 2.74. The molecule has 0 amide bonds. The van der Waals surface area contributed by atoms with Crippen LogP contribution >= 0.6 is 11.6 Å². The van der Waals surface area contributed by atoms with Gasteiger partial charge in [-0.3, -0.25) is 0 Å². The minimum atomic E-state index is 0.488. The van der Waals surface area contributed by atoms with Gasteiger partial charge in [0.1, 0.15) is 0 Å². The first-order valence-electron chi connectivity index (χ1n) is 5.29. The van der Waals surface area contributed by atoms with Crippen LogP contribution in [0.15, 0.2) is 24.3 Å². The second-order valence-corrected chi connectivity index (χ2v) is 4.03. The zero-order valence-corrected chi connectivity index (χ0v) is 10.5. The van der Waals surface area contributed by atoms with Crippen LogP contribution in [0.1, 0.15) is 17.0 Å². The maximum Gasteiger partial charge on any atom is 0.247 e. The van der Waals surface area contributed by atoms with E-state index >= 15 is 0 Å². The van der Waals surface area contributed by atoms with Crippen molar-refractivity contribution in [1.29, 1.82) is 0 Å². The van der Waals surface area contributed by atoms with E-state index in [9.17, 15) is 0 Å². The summed E-state index contributed by atoms with van der Waals surface area (Å²) in [4.78, 5) is 4.31. The molecular weight excluding hydrogens is 236 g/mol. The number of aryl methyl sites for hydroxylation is 2. The number of alkyl halides is 1. The molecule has 0 aliphatic carbocycles. The lowest BCUT2D eigenvalue weighted by Gasteiger charge is -2.06. The zero-order valence-electron chi connectivity index (χ0n) is 9.74. The molecule has 0 saturated carbocycles. The van der Waals surface area contributed by atoms with Crippen LogP contribution in [0.3, 0.4) is 0 Å². The van der Waals surface area contributed by atoms with Crippen LogP contribution in [0.25, 0.3) is 0 Å². The average molecular weight is 249 g/mol. The average Bonchev–Trinajstić information content (AvgIpc) is 2.34. The third-order valence-electron chi connectivity index (χ3n) is 2.43. The molecule has 0 aliphatic rings. The minimum absolute atomic E-state index is 0.488. The molecule has 0 fully saturated rings. The highest BCUT2D eigenvalue weighted by Gasteiger charge is 2.02. The van der Waals surface area contributed by atoms with Gasteiger partial charge >= 0.3 is 0 Å². The van der Waals surface area contributed by atoms with Crippen molar-refractivity contribution in [1.82, 2.24) is 15.2 Å². The van der Waals surface area contributed by atoms with E-state index < -0.39 is 0 Å². The number of hydrogen-bond acceptors (Lipinski definition) is 4. The molecule has 1 heterocycles. The number of hydrogen-bond donors (Lipinski definition) is 1. The minimum Gasteiger partial charge on any atom is -0.323 e. The van der Waals surface area contributed by atoms with E-state index in [1.807, 2.05) is 38.1 Å². The molecule has 2 rings (SSSR count). The number of nitrogens with one attached hydrogen (secondary N) is 1. The SMILES string of the molecule is Cc1nnc(Nc2cccc(CCl)c2)nc1C. The second-order valence-electron chi connectivity index (χ2n) is 3.77. The van der Waals surface area contributed by atoms with E-state index in [2.05, 4.69) is 20.5 Å². The Balaban J connectivity index is 2.22. The number of anilines is 2. The molecule has 0 aliphatic heterocycles. The molecule has 17 heavy (non-hydrogen) atoms. The fourth-order valence-electron chi connectivity index (χ4n) is 1.37. The number of halogens is 1. The van der Waals surface area contributed by atoms with Crippen molar-refractivity contribution in [2.24, 2.45) is 0 Å². The van der Waals surface area contributed by atoms with Gasteiger partial charge in [-0.05, 0) is 31.5 Å².